The maximum absolute atomic E-state index is 15.0. The lowest BCUT2D eigenvalue weighted by Crippen LogP contribution is -2.53. The largest absolute Gasteiger partial charge is 0.487 e. The van der Waals surface area contributed by atoms with Crippen molar-refractivity contribution in [2.75, 3.05) is 37.7 Å². The van der Waals surface area contributed by atoms with Crippen molar-refractivity contribution in [3.63, 3.8) is 0 Å². The number of thiocarbonyl (C=S) groups is 1. The van der Waals surface area contributed by atoms with Crippen LogP contribution in [0.3, 0.4) is 0 Å². The smallest absolute Gasteiger partial charge is 0.254 e. The summed E-state index contributed by atoms with van der Waals surface area (Å²) in [6.07, 6.45) is -0.254. The molecule has 0 aliphatic carbocycles. The molecule has 0 unspecified atom stereocenters. The highest BCUT2D eigenvalue weighted by Crippen LogP contribution is 2.31. The fourth-order valence-corrected chi connectivity index (χ4v) is 4.24. The number of hydrogen-bond acceptors (Lipinski definition) is 8. The number of carbonyl (C=O) groups excluding carboxylic acids is 1. The lowest BCUT2D eigenvalue weighted by molar-refractivity contribution is -0.162. The van der Waals surface area contributed by atoms with Crippen LogP contribution in [-0.2, 0) is 20.8 Å². The van der Waals surface area contributed by atoms with Crippen LogP contribution in [0.4, 0.5) is 14.5 Å². The Morgan fingerprint density at radius 1 is 1.23 bits per heavy atom. The Bertz CT molecular complexity index is 1080. The molecule has 1 amide bonds. The third-order valence-electron chi connectivity index (χ3n) is 5.74. The molecule has 0 spiro atoms. The van der Waals surface area contributed by atoms with E-state index < -0.39 is 34.8 Å². The van der Waals surface area contributed by atoms with E-state index in [1.807, 2.05) is 0 Å². The van der Waals surface area contributed by atoms with Crippen LogP contribution >= 0.6 is 12.2 Å². The number of anilines is 1. The van der Waals surface area contributed by atoms with Crippen molar-refractivity contribution in [3.8, 4) is 5.69 Å². The van der Waals surface area contributed by atoms with Crippen LogP contribution in [-0.4, -0.2) is 92.0 Å². The number of aliphatic hydroxyl groups is 2. The van der Waals surface area contributed by atoms with Crippen molar-refractivity contribution in [3.05, 3.63) is 35.7 Å². The molecule has 2 fully saturated rings. The van der Waals surface area contributed by atoms with Gasteiger partial charge < -0.3 is 34.8 Å². The predicted octanol–water partition coefficient (Wildman–Crippen LogP) is 0.639. The monoisotopic (exact) mass is 512 g/mol. The van der Waals surface area contributed by atoms with Gasteiger partial charge in [-0.2, -0.15) is 0 Å². The number of hydrogen-bond donors (Lipinski definition) is 3. The fourth-order valence-electron chi connectivity index (χ4n) is 4.17. The van der Waals surface area contributed by atoms with Crippen LogP contribution in [0.2, 0.25) is 0 Å². The molecule has 1 aromatic carbocycles. The Balaban J connectivity index is 1.42. The van der Waals surface area contributed by atoms with Crippen molar-refractivity contribution in [1.29, 1.82) is 0 Å². The predicted molar refractivity (Wildman–Crippen MR) is 123 cm³/mol. The number of carbonyl (C=O) groups is 1. The molecule has 0 saturated carbocycles. The van der Waals surface area contributed by atoms with Gasteiger partial charge in [0.05, 0.1) is 25.0 Å². The Kier molecular flexibility index (Phi) is 7.17. The minimum atomic E-state index is -0.990. The number of aromatic nitrogens is 3. The highest BCUT2D eigenvalue weighted by Gasteiger charge is 2.46. The van der Waals surface area contributed by atoms with E-state index in [1.54, 1.807) is 18.7 Å². The van der Waals surface area contributed by atoms with Crippen LogP contribution in [0.25, 0.3) is 5.69 Å². The van der Waals surface area contributed by atoms with E-state index in [1.165, 1.54) is 15.8 Å². The van der Waals surface area contributed by atoms with E-state index >= 15 is 0 Å². The second kappa shape index (κ2) is 9.97. The van der Waals surface area contributed by atoms with Crippen molar-refractivity contribution in [2.24, 2.45) is 0 Å². The van der Waals surface area contributed by atoms with Gasteiger partial charge in [0, 0.05) is 38.3 Å². The number of halogens is 2. The fraction of sp³-hybridized carbons (Fsp3) is 0.524. The van der Waals surface area contributed by atoms with Gasteiger partial charge in [0.15, 0.2) is 23.5 Å². The second-order valence-corrected chi connectivity index (χ2v) is 9.05. The standard InChI is InChI=1S/C21H26F2N6O5S/c1-21(2)33-16(11-30)18(34-21)19(31)28-5-3-27(4-6-28)17-14(22)7-13(8-15(17)23)29-10-12(25-26-29)9-24-20(32)35/h7-8,10,16,18,30H,3-6,9,11H2,1-2H3,(H2,24,32,35)/t16-,18+/m0/s1. The minimum absolute atomic E-state index is 0.107. The average molecular weight is 513 g/mol. The molecule has 3 N–H and O–H groups in total. The van der Waals surface area contributed by atoms with Crippen molar-refractivity contribution >= 4 is 29.0 Å². The molecule has 11 nitrogen and oxygen atoms in total. The molecule has 14 heteroatoms. The zero-order valence-corrected chi connectivity index (χ0v) is 20.0. The van der Waals surface area contributed by atoms with Crippen LogP contribution < -0.4 is 10.2 Å². The van der Waals surface area contributed by atoms with Gasteiger partial charge >= 0.3 is 0 Å². The second-order valence-electron chi connectivity index (χ2n) is 8.66. The van der Waals surface area contributed by atoms with Crippen LogP contribution in [0.15, 0.2) is 18.3 Å². The summed E-state index contributed by atoms with van der Waals surface area (Å²) in [4.78, 5) is 16.0. The number of nitrogens with zero attached hydrogens (tertiary/aromatic N) is 5. The van der Waals surface area contributed by atoms with Gasteiger partial charge in [-0.05, 0) is 26.1 Å². The molecule has 2 saturated heterocycles. The lowest BCUT2D eigenvalue weighted by Gasteiger charge is -2.37. The van der Waals surface area contributed by atoms with Gasteiger partial charge in [-0.25, -0.2) is 13.5 Å². The molecule has 2 atom stereocenters. The normalized spacial score (nSPS) is 21.9. The van der Waals surface area contributed by atoms with Crippen molar-refractivity contribution < 1.29 is 33.3 Å². The van der Waals surface area contributed by atoms with Gasteiger partial charge in [-0.1, -0.05) is 5.21 Å². The number of rotatable bonds is 6. The number of nitrogens with one attached hydrogen (secondary N) is 1. The van der Waals surface area contributed by atoms with E-state index in [9.17, 15) is 18.7 Å². The number of piperazine rings is 1. The zero-order valence-electron chi connectivity index (χ0n) is 19.1. The summed E-state index contributed by atoms with van der Waals surface area (Å²) < 4.78 is 42.4. The summed E-state index contributed by atoms with van der Waals surface area (Å²) in [6, 6.07) is 2.30. The Morgan fingerprint density at radius 3 is 2.49 bits per heavy atom. The topological polar surface area (TPSA) is 125 Å². The van der Waals surface area contributed by atoms with Crippen LogP contribution in [0.5, 0.6) is 0 Å². The molecule has 35 heavy (non-hydrogen) atoms. The summed E-state index contributed by atoms with van der Waals surface area (Å²) >= 11 is 4.52. The molecule has 190 valence electrons. The molecule has 1 aromatic heterocycles. The van der Waals surface area contributed by atoms with Gasteiger partial charge in [-0.3, -0.25) is 4.79 Å². The highest BCUT2D eigenvalue weighted by molar-refractivity contribution is 7.79. The number of ether oxygens (including phenoxy) is 2. The molecular weight excluding hydrogens is 486 g/mol. The Hall–Kier alpha value is -2.94. The van der Waals surface area contributed by atoms with E-state index in [4.69, 9.17) is 14.6 Å². The van der Waals surface area contributed by atoms with Gasteiger partial charge in [0.2, 0.25) is 0 Å². The maximum atomic E-state index is 15.0. The third-order valence-corrected chi connectivity index (χ3v) is 5.89. The van der Waals surface area contributed by atoms with Crippen molar-refractivity contribution in [2.45, 2.75) is 38.4 Å². The zero-order chi connectivity index (χ0) is 25.3. The quantitative estimate of drug-likeness (QED) is 0.475. The summed E-state index contributed by atoms with van der Waals surface area (Å²) in [5.41, 5.74) is 0.359. The van der Waals surface area contributed by atoms with Crippen LogP contribution in [0.1, 0.15) is 19.5 Å². The first-order valence-electron chi connectivity index (χ1n) is 11.0. The number of benzene rings is 1. The number of aliphatic hydroxyl groups excluding tert-OH is 2. The summed E-state index contributed by atoms with van der Waals surface area (Å²) in [6.45, 7) is 3.94. The first kappa shape index (κ1) is 25.2. The van der Waals surface area contributed by atoms with Gasteiger partial charge in [0.25, 0.3) is 11.1 Å². The molecule has 2 aromatic rings. The highest BCUT2D eigenvalue weighted by atomic mass is 32.1. The first-order chi connectivity index (χ1) is 16.6. The summed E-state index contributed by atoms with van der Waals surface area (Å²) in [7, 11) is 0. The van der Waals surface area contributed by atoms with Crippen molar-refractivity contribution in [1.82, 2.24) is 25.2 Å². The summed E-state index contributed by atoms with van der Waals surface area (Å²) in [5.74, 6) is -2.87. The van der Waals surface area contributed by atoms with E-state index in [0.29, 0.717) is 5.69 Å². The van der Waals surface area contributed by atoms with Gasteiger partial charge in [-0.15, -0.1) is 5.10 Å². The summed E-state index contributed by atoms with van der Waals surface area (Å²) in [5, 5.41) is 28.4. The molecular formula is C21H26F2N6O5S. The molecule has 3 heterocycles. The van der Waals surface area contributed by atoms with E-state index in [2.05, 4.69) is 27.8 Å². The molecule has 0 bridgehead atoms. The third kappa shape index (κ3) is 5.50. The maximum Gasteiger partial charge on any atom is 0.254 e. The first-order valence-corrected chi connectivity index (χ1v) is 11.4. The minimum Gasteiger partial charge on any atom is -0.487 e. The molecule has 0 radical (unpaired) electrons. The average Bonchev–Trinajstić information content (AvgIpc) is 3.41. The molecule has 4 rings (SSSR count). The lowest BCUT2D eigenvalue weighted by atomic mass is 10.1. The van der Waals surface area contributed by atoms with E-state index in [-0.39, 0.29) is 56.6 Å². The van der Waals surface area contributed by atoms with E-state index in [0.717, 1.165) is 12.1 Å². The van der Waals surface area contributed by atoms with Gasteiger partial charge in [0.1, 0.15) is 17.5 Å². The SMILES string of the molecule is CC1(C)O[C@@H](CO)[C@H](C(=O)N2CCN(c3c(F)cc(-n4cc(CNC(O)=S)nn4)cc3F)CC2)O1. The Morgan fingerprint density at radius 2 is 1.89 bits per heavy atom. The molecule has 2 aliphatic heterocycles. The molecule has 2 aliphatic rings. The number of amides is 1. The Labute approximate surface area is 205 Å². The van der Waals surface area contributed by atoms with Crippen LogP contribution in [0, 0.1) is 11.6 Å².